The molecule has 0 spiro atoms. The molecule has 3 rings (SSSR count). The number of likely N-dealkylation sites (tertiary alicyclic amines) is 1. The van der Waals surface area contributed by atoms with Gasteiger partial charge < -0.3 is 25.8 Å². The van der Waals surface area contributed by atoms with Crippen molar-refractivity contribution in [3.8, 4) is 11.1 Å². The molecule has 1 heterocycles. The predicted molar refractivity (Wildman–Crippen MR) is 133 cm³/mol. The number of nitrogens with one attached hydrogen (secondary N) is 1. The van der Waals surface area contributed by atoms with Gasteiger partial charge in [-0.3, -0.25) is 4.79 Å². The van der Waals surface area contributed by atoms with Crippen LogP contribution in [0.4, 0.5) is 9.18 Å². The fourth-order valence-corrected chi connectivity index (χ4v) is 5.03. The number of nitrogens with zero attached hydrogens (tertiary/aromatic N) is 1. The van der Waals surface area contributed by atoms with E-state index in [4.69, 9.17) is 5.73 Å². The molecule has 1 saturated heterocycles. The van der Waals surface area contributed by atoms with Crippen LogP contribution in [0.15, 0.2) is 42.5 Å². The average Bonchev–Trinajstić information content (AvgIpc) is 2.90. The van der Waals surface area contributed by atoms with E-state index in [1.54, 1.807) is 17.0 Å². The van der Waals surface area contributed by atoms with Crippen LogP contribution in [0.1, 0.15) is 43.7 Å². The van der Waals surface area contributed by atoms with Gasteiger partial charge in [0.25, 0.3) is 0 Å². The second-order valence-electron chi connectivity index (χ2n) is 9.05. The first-order valence-electron chi connectivity index (χ1n) is 12.2. The van der Waals surface area contributed by atoms with Crippen molar-refractivity contribution in [1.82, 2.24) is 10.2 Å². The molecule has 0 saturated carbocycles. The monoisotopic (exact) mass is 485 g/mol. The van der Waals surface area contributed by atoms with Crippen molar-refractivity contribution in [2.24, 2.45) is 11.7 Å². The lowest BCUT2D eigenvalue weighted by Crippen LogP contribution is -2.50. The zero-order chi connectivity index (χ0) is 25.4. The van der Waals surface area contributed by atoms with Gasteiger partial charge in [0.05, 0.1) is 19.3 Å². The summed E-state index contributed by atoms with van der Waals surface area (Å²) >= 11 is 0. The van der Waals surface area contributed by atoms with Crippen molar-refractivity contribution < 1.29 is 23.8 Å². The summed E-state index contributed by atoms with van der Waals surface area (Å²) in [5.41, 5.74) is 6.81. The van der Waals surface area contributed by atoms with E-state index in [1.165, 1.54) is 13.2 Å². The molecule has 0 aliphatic carbocycles. The van der Waals surface area contributed by atoms with E-state index < -0.39 is 17.5 Å². The van der Waals surface area contributed by atoms with E-state index in [0.29, 0.717) is 49.2 Å². The minimum atomic E-state index is -1.43. The third kappa shape index (κ3) is 6.18. The molecule has 4 N–H and O–H groups in total. The fraction of sp³-hybridized carbons (Fsp3) is 0.481. The van der Waals surface area contributed by atoms with Crippen LogP contribution in [0.25, 0.3) is 11.1 Å². The Balaban J connectivity index is 2.04. The average molecular weight is 486 g/mol. The lowest BCUT2D eigenvalue weighted by atomic mass is 9.72. The van der Waals surface area contributed by atoms with Crippen molar-refractivity contribution in [2.45, 2.75) is 44.6 Å². The highest BCUT2D eigenvalue weighted by atomic mass is 19.1. The SMILES string of the molecule is CCc1cccc(-c2c(F)cccc2[C@](O)(CCCNC(=O)OC)[C@@H]2CCCN(C(=O)CN)C2)c1. The molecule has 2 amide bonds. The highest BCUT2D eigenvalue weighted by Gasteiger charge is 2.43. The van der Waals surface area contributed by atoms with E-state index in [1.807, 2.05) is 31.2 Å². The summed E-state index contributed by atoms with van der Waals surface area (Å²) in [7, 11) is 1.29. The summed E-state index contributed by atoms with van der Waals surface area (Å²) in [6, 6.07) is 12.5. The van der Waals surface area contributed by atoms with Crippen LogP contribution in [0, 0.1) is 11.7 Å². The normalized spacial score (nSPS) is 17.5. The summed E-state index contributed by atoms with van der Waals surface area (Å²) in [5, 5.41) is 15.0. The van der Waals surface area contributed by atoms with E-state index in [-0.39, 0.29) is 24.8 Å². The van der Waals surface area contributed by atoms with Gasteiger partial charge in [0.2, 0.25) is 5.91 Å². The van der Waals surface area contributed by atoms with Crippen LogP contribution < -0.4 is 11.1 Å². The highest BCUT2D eigenvalue weighted by molar-refractivity contribution is 5.78. The predicted octanol–water partition coefficient (Wildman–Crippen LogP) is 3.58. The van der Waals surface area contributed by atoms with Crippen molar-refractivity contribution in [2.75, 3.05) is 33.3 Å². The molecule has 0 aromatic heterocycles. The number of carbonyl (C=O) groups is 2. The van der Waals surface area contributed by atoms with Crippen LogP contribution in [0.5, 0.6) is 0 Å². The second-order valence-corrected chi connectivity index (χ2v) is 9.05. The van der Waals surface area contributed by atoms with Gasteiger partial charge in [-0.25, -0.2) is 9.18 Å². The van der Waals surface area contributed by atoms with Crippen LogP contribution in [0.2, 0.25) is 0 Å². The van der Waals surface area contributed by atoms with Crippen LogP contribution in [0.3, 0.4) is 0 Å². The number of aryl methyl sites for hydroxylation is 1. The number of hydrogen-bond donors (Lipinski definition) is 3. The molecule has 35 heavy (non-hydrogen) atoms. The van der Waals surface area contributed by atoms with Crippen molar-refractivity contribution in [3.05, 3.63) is 59.4 Å². The number of rotatable bonds is 9. The summed E-state index contributed by atoms with van der Waals surface area (Å²) in [6.45, 7) is 3.16. The number of nitrogens with two attached hydrogens (primary N) is 1. The summed E-state index contributed by atoms with van der Waals surface area (Å²) in [4.78, 5) is 25.5. The molecule has 190 valence electrons. The summed E-state index contributed by atoms with van der Waals surface area (Å²) < 4.78 is 20.0. The Kier molecular flexibility index (Phi) is 9.23. The Bertz CT molecular complexity index is 1030. The Labute approximate surface area is 206 Å². The Morgan fingerprint density at radius 2 is 2.06 bits per heavy atom. The molecule has 1 aliphatic rings. The lowest BCUT2D eigenvalue weighted by Gasteiger charge is -2.43. The van der Waals surface area contributed by atoms with Gasteiger partial charge in [0.15, 0.2) is 0 Å². The molecule has 0 bridgehead atoms. The van der Waals surface area contributed by atoms with Crippen molar-refractivity contribution in [3.63, 3.8) is 0 Å². The highest BCUT2D eigenvalue weighted by Crippen LogP contribution is 2.44. The molecular weight excluding hydrogens is 449 g/mol. The van der Waals surface area contributed by atoms with Crippen LogP contribution in [-0.4, -0.2) is 55.3 Å². The van der Waals surface area contributed by atoms with Crippen LogP contribution >= 0.6 is 0 Å². The number of piperidine rings is 1. The van der Waals surface area contributed by atoms with Gasteiger partial charge in [-0.1, -0.05) is 43.3 Å². The number of hydrogen-bond acceptors (Lipinski definition) is 5. The van der Waals surface area contributed by atoms with E-state index in [0.717, 1.165) is 18.4 Å². The molecular formula is C27H36FN3O4. The summed E-state index contributed by atoms with van der Waals surface area (Å²) in [6.07, 6.45) is 2.37. The smallest absolute Gasteiger partial charge is 0.406 e. The minimum Gasteiger partial charge on any atom is -0.453 e. The first-order valence-corrected chi connectivity index (χ1v) is 12.2. The number of alkyl carbamates (subject to hydrolysis) is 1. The van der Waals surface area contributed by atoms with Gasteiger partial charge in [-0.2, -0.15) is 0 Å². The number of ether oxygens (including phenoxy) is 1. The largest absolute Gasteiger partial charge is 0.453 e. The standard InChI is InChI=1S/C27H36FN3O4/c1-3-19-8-4-9-20(16-19)25-22(11-5-12-23(25)28)27(34,13-7-14-30-26(33)35-2)21-10-6-15-31(18-21)24(32)17-29/h4-5,8-9,11-12,16,21,34H,3,6-7,10,13-15,17-18,29H2,1-2H3,(H,30,33)/t21-,27+/m1/s1. The number of aliphatic hydroxyl groups is 1. The third-order valence-electron chi connectivity index (χ3n) is 6.92. The molecule has 7 nitrogen and oxygen atoms in total. The number of amides is 2. The molecule has 2 aromatic carbocycles. The number of carbonyl (C=O) groups excluding carboxylic acids is 2. The Morgan fingerprint density at radius 3 is 2.77 bits per heavy atom. The second kappa shape index (κ2) is 12.1. The first-order chi connectivity index (χ1) is 16.8. The molecule has 0 unspecified atom stereocenters. The fourth-order valence-electron chi connectivity index (χ4n) is 5.03. The van der Waals surface area contributed by atoms with Gasteiger partial charge in [-0.05, 0) is 54.9 Å². The zero-order valence-corrected chi connectivity index (χ0v) is 20.6. The Hall–Kier alpha value is -2.97. The topological polar surface area (TPSA) is 105 Å². The molecule has 1 aliphatic heterocycles. The van der Waals surface area contributed by atoms with E-state index in [9.17, 15) is 14.7 Å². The molecule has 0 radical (unpaired) electrons. The maximum Gasteiger partial charge on any atom is 0.406 e. The molecule has 2 aromatic rings. The van der Waals surface area contributed by atoms with Gasteiger partial charge in [0, 0.05) is 31.1 Å². The minimum absolute atomic E-state index is 0.0940. The van der Waals surface area contributed by atoms with Gasteiger partial charge in [-0.15, -0.1) is 0 Å². The molecule has 2 atom stereocenters. The maximum absolute atomic E-state index is 15.4. The van der Waals surface area contributed by atoms with Crippen LogP contribution in [-0.2, 0) is 21.6 Å². The molecule has 1 fully saturated rings. The number of benzene rings is 2. The summed E-state index contributed by atoms with van der Waals surface area (Å²) in [5.74, 6) is -0.896. The van der Waals surface area contributed by atoms with Crippen molar-refractivity contribution >= 4 is 12.0 Å². The van der Waals surface area contributed by atoms with Crippen molar-refractivity contribution in [1.29, 1.82) is 0 Å². The van der Waals surface area contributed by atoms with Gasteiger partial charge >= 0.3 is 6.09 Å². The number of halogens is 1. The third-order valence-corrected chi connectivity index (χ3v) is 6.92. The zero-order valence-electron chi connectivity index (χ0n) is 20.6. The van der Waals surface area contributed by atoms with E-state index in [2.05, 4.69) is 10.1 Å². The van der Waals surface area contributed by atoms with E-state index >= 15 is 4.39 Å². The van der Waals surface area contributed by atoms with Gasteiger partial charge in [0.1, 0.15) is 5.82 Å². The maximum atomic E-state index is 15.4. The Morgan fingerprint density at radius 1 is 1.29 bits per heavy atom. The lowest BCUT2D eigenvalue weighted by molar-refractivity contribution is -0.135. The molecule has 8 heteroatoms. The first kappa shape index (κ1) is 26.6. The quantitative estimate of drug-likeness (QED) is 0.471. The number of methoxy groups -OCH3 is 1.